The second-order valence-corrected chi connectivity index (χ2v) is 5.92. The normalized spacial score (nSPS) is 12.8. The fraction of sp³-hybridized carbons (Fsp3) is 0.235. The zero-order valence-corrected chi connectivity index (χ0v) is 12.9. The summed E-state index contributed by atoms with van der Waals surface area (Å²) in [5, 5.41) is -0.309. The van der Waals surface area contributed by atoms with E-state index in [-0.39, 0.29) is 11.2 Å². The number of nitrogens with zero attached hydrogens (tertiary/aromatic N) is 2. The van der Waals surface area contributed by atoms with E-state index in [0.29, 0.717) is 11.5 Å². The molecular formula is C17H16ClFN2. The number of fused-ring (bicyclic) bond motifs is 1. The second-order valence-electron chi connectivity index (χ2n) is 5.27. The van der Waals surface area contributed by atoms with Crippen LogP contribution in [-0.2, 0) is 0 Å². The van der Waals surface area contributed by atoms with E-state index in [1.54, 1.807) is 6.07 Å². The molecule has 0 saturated heterocycles. The SMILES string of the molecule is Cc1cccc(F)c1-n1c(C(C)Cl)nc2cccc(C)c21. The van der Waals surface area contributed by atoms with Crippen molar-refractivity contribution >= 4 is 22.6 Å². The topological polar surface area (TPSA) is 17.8 Å². The summed E-state index contributed by atoms with van der Waals surface area (Å²) in [5.74, 6) is 0.394. The lowest BCUT2D eigenvalue weighted by molar-refractivity contribution is 0.615. The van der Waals surface area contributed by atoms with Crippen LogP contribution in [0.5, 0.6) is 0 Å². The first-order valence-corrected chi connectivity index (χ1v) is 7.32. The monoisotopic (exact) mass is 302 g/mol. The number of para-hydroxylation sites is 2. The lowest BCUT2D eigenvalue weighted by Crippen LogP contribution is -2.06. The Labute approximate surface area is 128 Å². The summed E-state index contributed by atoms with van der Waals surface area (Å²) in [6.45, 7) is 5.75. The van der Waals surface area contributed by atoms with Gasteiger partial charge in [0.05, 0.1) is 22.1 Å². The molecule has 0 radical (unpaired) electrons. The third kappa shape index (κ3) is 2.22. The van der Waals surface area contributed by atoms with E-state index in [9.17, 15) is 4.39 Å². The molecule has 0 aliphatic heterocycles. The molecule has 0 fully saturated rings. The van der Waals surface area contributed by atoms with E-state index in [1.165, 1.54) is 6.07 Å². The largest absolute Gasteiger partial charge is 0.292 e. The molecule has 4 heteroatoms. The maximum atomic E-state index is 14.4. The highest BCUT2D eigenvalue weighted by molar-refractivity contribution is 6.20. The zero-order chi connectivity index (χ0) is 15.1. The fourth-order valence-electron chi connectivity index (χ4n) is 2.71. The van der Waals surface area contributed by atoms with Gasteiger partial charge in [-0.2, -0.15) is 0 Å². The summed E-state index contributed by atoms with van der Waals surface area (Å²) >= 11 is 6.28. The molecule has 2 aromatic carbocycles. The van der Waals surface area contributed by atoms with E-state index >= 15 is 0 Å². The van der Waals surface area contributed by atoms with Crippen LogP contribution in [0.3, 0.4) is 0 Å². The number of alkyl halides is 1. The number of hydrogen-bond donors (Lipinski definition) is 0. The van der Waals surface area contributed by atoms with Crippen molar-refractivity contribution in [2.24, 2.45) is 0 Å². The smallest absolute Gasteiger partial charge is 0.147 e. The third-order valence-electron chi connectivity index (χ3n) is 3.67. The van der Waals surface area contributed by atoms with Crippen LogP contribution in [0.4, 0.5) is 4.39 Å². The average Bonchev–Trinajstić information content (AvgIpc) is 2.80. The quantitative estimate of drug-likeness (QED) is 0.604. The summed E-state index contributed by atoms with van der Waals surface area (Å²) < 4.78 is 16.3. The van der Waals surface area contributed by atoms with Crippen molar-refractivity contribution in [1.82, 2.24) is 9.55 Å². The van der Waals surface area contributed by atoms with Gasteiger partial charge in [-0.05, 0) is 44.0 Å². The van der Waals surface area contributed by atoms with Gasteiger partial charge in [0.1, 0.15) is 11.6 Å². The van der Waals surface area contributed by atoms with Crippen LogP contribution in [0.25, 0.3) is 16.7 Å². The average molecular weight is 303 g/mol. The molecular weight excluding hydrogens is 287 g/mol. The number of rotatable bonds is 2. The third-order valence-corrected chi connectivity index (χ3v) is 3.87. The van der Waals surface area contributed by atoms with Crippen molar-refractivity contribution in [3.63, 3.8) is 0 Å². The van der Waals surface area contributed by atoms with Gasteiger partial charge in [-0.25, -0.2) is 9.37 Å². The van der Waals surface area contributed by atoms with Gasteiger partial charge in [-0.15, -0.1) is 11.6 Å². The van der Waals surface area contributed by atoms with Crippen LogP contribution in [0, 0.1) is 19.7 Å². The first-order chi connectivity index (χ1) is 10.0. The molecule has 0 bridgehead atoms. The molecule has 0 aliphatic carbocycles. The van der Waals surface area contributed by atoms with Gasteiger partial charge in [-0.3, -0.25) is 4.57 Å². The Hall–Kier alpha value is -1.87. The Morgan fingerprint density at radius 3 is 2.43 bits per heavy atom. The van der Waals surface area contributed by atoms with Gasteiger partial charge >= 0.3 is 0 Å². The Kier molecular flexibility index (Phi) is 3.46. The second kappa shape index (κ2) is 5.15. The molecule has 1 heterocycles. The summed E-state index contributed by atoms with van der Waals surface area (Å²) in [4.78, 5) is 4.60. The van der Waals surface area contributed by atoms with E-state index < -0.39 is 0 Å². The Morgan fingerprint density at radius 2 is 1.76 bits per heavy atom. The van der Waals surface area contributed by atoms with Crippen molar-refractivity contribution < 1.29 is 4.39 Å². The van der Waals surface area contributed by atoms with E-state index in [0.717, 1.165) is 22.2 Å². The van der Waals surface area contributed by atoms with Crippen LogP contribution in [-0.4, -0.2) is 9.55 Å². The van der Waals surface area contributed by atoms with Crippen molar-refractivity contribution in [2.75, 3.05) is 0 Å². The number of halogens is 2. The maximum absolute atomic E-state index is 14.4. The lowest BCUT2D eigenvalue weighted by atomic mass is 10.1. The summed E-state index contributed by atoms with van der Waals surface area (Å²) in [5.41, 5.74) is 4.17. The number of aryl methyl sites for hydroxylation is 2. The van der Waals surface area contributed by atoms with Gasteiger partial charge in [0.25, 0.3) is 0 Å². The van der Waals surface area contributed by atoms with Crippen molar-refractivity contribution in [2.45, 2.75) is 26.1 Å². The fourth-order valence-corrected chi connectivity index (χ4v) is 2.86. The van der Waals surface area contributed by atoms with Crippen LogP contribution in [0.2, 0.25) is 0 Å². The first-order valence-electron chi connectivity index (χ1n) is 6.88. The molecule has 0 spiro atoms. The molecule has 2 nitrogen and oxygen atoms in total. The summed E-state index contributed by atoms with van der Waals surface area (Å²) in [6.07, 6.45) is 0. The molecule has 0 aliphatic rings. The minimum absolute atomic E-state index is 0.267. The number of aromatic nitrogens is 2. The first kappa shape index (κ1) is 14.1. The minimum Gasteiger partial charge on any atom is -0.292 e. The van der Waals surface area contributed by atoms with E-state index in [1.807, 2.05) is 49.6 Å². The predicted molar refractivity (Wildman–Crippen MR) is 84.8 cm³/mol. The Morgan fingerprint density at radius 1 is 1.10 bits per heavy atom. The Bertz CT molecular complexity index is 801. The van der Waals surface area contributed by atoms with E-state index in [2.05, 4.69) is 4.98 Å². The molecule has 0 saturated carbocycles. The number of benzene rings is 2. The zero-order valence-electron chi connectivity index (χ0n) is 12.2. The number of hydrogen-bond acceptors (Lipinski definition) is 1. The standard InChI is InChI=1S/C17H16ClFN2/c1-10-6-4-8-13(19)15(10)21-16-11(2)7-5-9-14(16)20-17(21)12(3)18/h4-9,12H,1-3H3. The van der Waals surface area contributed by atoms with Gasteiger partial charge < -0.3 is 0 Å². The maximum Gasteiger partial charge on any atom is 0.147 e. The van der Waals surface area contributed by atoms with Gasteiger partial charge in [0, 0.05) is 0 Å². The van der Waals surface area contributed by atoms with Crippen molar-refractivity contribution in [3.8, 4) is 5.69 Å². The van der Waals surface area contributed by atoms with Crippen molar-refractivity contribution in [3.05, 3.63) is 59.2 Å². The van der Waals surface area contributed by atoms with Gasteiger partial charge in [0.15, 0.2) is 0 Å². The summed E-state index contributed by atoms with van der Waals surface area (Å²) in [7, 11) is 0. The molecule has 1 unspecified atom stereocenters. The van der Waals surface area contributed by atoms with E-state index in [4.69, 9.17) is 11.6 Å². The molecule has 0 amide bonds. The van der Waals surface area contributed by atoms with Gasteiger partial charge in [-0.1, -0.05) is 24.3 Å². The minimum atomic E-state index is -0.309. The molecule has 1 aromatic heterocycles. The molecule has 3 rings (SSSR count). The summed E-state index contributed by atoms with van der Waals surface area (Å²) in [6, 6.07) is 11.0. The van der Waals surface area contributed by atoms with Gasteiger partial charge in [0.2, 0.25) is 0 Å². The van der Waals surface area contributed by atoms with Crippen LogP contribution >= 0.6 is 11.6 Å². The number of imidazole rings is 1. The molecule has 0 N–H and O–H groups in total. The highest BCUT2D eigenvalue weighted by Crippen LogP contribution is 2.32. The molecule has 3 aromatic rings. The molecule has 21 heavy (non-hydrogen) atoms. The van der Waals surface area contributed by atoms with Crippen LogP contribution in [0.15, 0.2) is 36.4 Å². The Balaban J connectivity index is 2.48. The lowest BCUT2D eigenvalue weighted by Gasteiger charge is -2.15. The highest BCUT2D eigenvalue weighted by atomic mass is 35.5. The van der Waals surface area contributed by atoms with Crippen LogP contribution < -0.4 is 0 Å². The van der Waals surface area contributed by atoms with Crippen molar-refractivity contribution in [1.29, 1.82) is 0 Å². The van der Waals surface area contributed by atoms with Crippen LogP contribution in [0.1, 0.15) is 29.3 Å². The highest BCUT2D eigenvalue weighted by Gasteiger charge is 2.20. The molecule has 108 valence electrons. The molecule has 1 atom stereocenters. The predicted octanol–water partition coefficient (Wildman–Crippen LogP) is 5.08.